The third kappa shape index (κ3) is 23.9. The third-order valence-electron chi connectivity index (χ3n) is 8.88. The Morgan fingerprint density at radius 2 is 0.951 bits per heavy atom. The van der Waals surface area contributed by atoms with E-state index in [1.807, 2.05) is 12.1 Å². The molecule has 1 aromatic carbocycles. The topological polar surface area (TPSA) is 26.3 Å². The number of carbonyl (C=O) groups is 1. The summed E-state index contributed by atoms with van der Waals surface area (Å²) >= 11 is 0. The van der Waals surface area contributed by atoms with E-state index in [9.17, 15) is 4.79 Å². The summed E-state index contributed by atoms with van der Waals surface area (Å²) in [4.78, 5) is 12.4. The summed E-state index contributed by atoms with van der Waals surface area (Å²) in [6, 6.07) is 8.26. The molecule has 1 rings (SSSR count). The lowest BCUT2D eigenvalue weighted by atomic mass is 9.94. The summed E-state index contributed by atoms with van der Waals surface area (Å²) in [5, 5.41) is 0. The van der Waals surface area contributed by atoms with Crippen LogP contribution in [-0.4, -0.2) is 5.97 Å². The molecule has 0 aliphatic rings. The molecule has 0 aliphatic carbocycles. The van der Waals surface area contributed by atoms with E-state index in [4.69, 9.17) is 4.74 Å². The number of ether oxygens (including phenoxy) is 1. The minimum absolute atomic E-state index is 0.0742. The van der Waals surface area contributed by atoms with E-state index in [1.54, 1.807) is 0 Å². The molecule has 41 heavy (non-hydrogen) atoms. The molecule has 0 spiro atoms. The minimum Gasteiger partial charge on any atom is -0.427 e. The van der Waals surface area contributed by atoms with E-state index in [2.05, 4.69) is 32.9 Å². The Bertz CT molecular complexity index is 697. The molecule has 0 saturated heterocycles. The van der Waals surface area contributed by atoms with Gasteiger partial charge in [0.15, 0.2) is 0 Å². The number of benzene rings is 1. The van der Waals surface area contributed by atoms with Gasteiger partial charge in [0.2, 0.25) is 0 Å². The van der Waals surface area contributed by atoms with Gasteiger partial charge in [0, 0.05) is 6.42 Å². The first-order valence-electron chi connectivity index (χ1n) is 18.5. The zero-order valence-corrected chi connectivity index (χ0v) is 28.0. The quantitative estimate of drug-likeness (QED) is 0.0522. The number of hydrogen-bond acceptors (Lipinski definition) is 2. The van der Waals surface area contributed by atoms with Crippen molar-refractivity contribution in [3.63, 3.8) is 0 Å². The molecule has 0 N–H and O–H groups in total. The SMILES string of the molecule is CCCCCCCCCCCCCCCCCC(=O)Oc1cccc(C(C)CCCCCCCCCCCCC)c1. The van der Waals surface area contributed by atoms with E-state index in [0.717, 1.165) is 18.6 Å². The fourth-order valence-electron chi connectivity index (χ4n) is 5.99. The van der Waals surface area contributed by atoms with Gasteiger partial charge in [-0.25, -0.2) is 0 Å². The highest BCUT2D eigenvalue weighted by atomic mass is 16.5. The van der Waals surface area contributed by atoms with Gasteiger partial charge in [0.05, 0.1) is 0 Å². The van der Waals surface area contributed by atoms with Crippen LogP contribution in [0.2, 0.25) is 0 Å². The molecule has 0 radical (unpaired) electrons. The van der Waals surface area contributed by atoms with Crippen LogP contribution in [0.4, 0.5) is 0 Å². The van der Waals surface area contributed by atoms with Crippen molar-refractivity contribution in [1.29, 1.82) is 0 Å². The van der Waals surface area contributed by atoms with E-state index in [0.29, 0.717) is 12.3 Å². The lowest BCUT2D eigenvalue weighted by Crippen LogP contribution is -2.08. The minimum atomic E-state index is -0.0742. The predicted molar refractivity (Wildman–Crippen MR) is 181 cm³/mol. The molecule has 2 nitrogen and oxygen atoms in total. The summed E-state index contributed by atoms with van der Waals surface area (Å²) in [5.74, 6) is 1.16. The molecule has 0 saturated carbocycles. The number of unbranched alkanes of at least 4 members (excludes halogenated alkanes) is 24. The highest BCUT2D eigenvalue weighted by molar-refractivity contribution is 5.72. The van der Waals surface area contributed by atoms with Gasteiger partial charge in [-0.15, -0.1) is 0 Å². The predicted octanol–water partition coefficient (Wildman–Crippen LogP) is 13.7. The van der Waals surface area contributed by atoms with Crippen LogP contribution in [0.3, 0.4) is 0 Å². The summed E-state index contributed by atoms with van der Waals surface area (Å²) in [6.07, 6.45) is 37.1. The second-order valence-electron chi connectivity index (χ2n) is 13.0. The maximum atomic E-state index is 12.4. The average Bonchev–Trinajstić information content (AvgIpc) is 2.98. The first-order chi connectivity index (χ1) is 20.2. The van der Waals surface area contributed by atoms with Gasteiger partial charge in [-0.2, -0.15) is 0 Å². The molecule has 0 aromatic heterocycles. The van der Waals surface area contributed by atoms with Crippen LogP contribution in [0.1, 0.15) is 212 Å². The average molecular weight is 571 g/mol. The Morgan fingerprint density at radius 1 is 0.561 bits per heavy atom. The molecule has 1 atom stereocenters. The highest BCUT2D eigenvalue weighted by Gasteiger charge is 2.09. The molecule has 0 bridgehead atoms. The summed E-state index contributed by atoms with van der Waals surface area (Å²) in [5.41, 5.74) is 1.30. The second kappa shape index (κ2) is 28.8. The van der Waals surface area contributed by atoms with Gasteiger partial charge in [0.25, 0.3) is 0 Å². The Balaban J connectivity index is 2.00. The molecule has 0 amide bonds. The van der Waals surface area contributed by atoms with E-state index >= 15 is 0 Å². The molecule has 0 fully saturated rings. The van der Waals surface area contributed by atoms with Crippen molar-refractivity contribution in [2.75, 3.05) is 0 Å². The Kier molecular flexibility index (Phi) is 26.5. The van der Waals surface area contributed by atoms with Crippen molar-refractivity contribution in [1.82, 2.24) is 0 Å². The molecular formula is C39H70O2. The Morgan fingerprint density at radius 3 is 1.39 bits per heavy atom. The van der Waals surface area contributed by atoms with Gasteiger partial charge in [-0.05, 0) is 36.5 Å². The van der Waals surface area contributed by atoms with Gasteiger partial charge in [-0.1, -0.05) is 193 Å². The lowest BCUT2D eigenvalue weighted by Gasteiger charge is -2.13. The molecular weight excluding hydrogens is 500 g/mol. The number of rotatable bonds is 30. The first-order valence-corrected chi connectivity index (χ1v) is 18.5. The summed E-state index contributed by atoms with van der Waals surface area (Å²) < 4.78 is 5.70. The maximum absolute atomic E-state index is 12.4. The van der Waals surface area contributed by atoms with Gasteiger partial charge >= 0.3 is 5.97 Å². The maximum Gasteiger partial charge on any atom is 0.311 e. The summed E-state index contributed by atoms with van der Waals surface area (Å²) in [6.45, 7) is 6.89. The molecule has 0 aliphatic heterocycles. The fourth-order valence-corrected chi connectivity index (χ4v) is 5.99. The smallest absolute Gasteiger partial charge is 0.311 e. The summed E-state index contributed by atoms with van der Waals surface area (Å²) in [7, 11) is 0. The van der Waals surface area contributed by atoms with E-state index in [1.165, 1.54) is 166 Å². The van der Waals surface area contributed by atoms with Crippen molar-refractivity contribution < 1.29 is 9.53 Å². The largest absolute Gasteiger partial charge is 0.427 e. The van der Waals surface area contributed by atoms with Gasteiger partial charge in [-0.3, -0.25) is 4.79 Å². The zero-order valence-electron chi connectivity index (χ0n) is 28.0. The van der Waals surface area contributed by atoms with Crippen molar-refractivity contribution in [3.8, 4) is 5.75 Å². The van der Waals surface area contributed by atoms with Crippen LogP contribution in [0.5, 0.6) is 5.75 Å². The van der Waals surface area contributed by atoms with Crippen LogP contribution in [0, 0.1) is 0 Å². The van der Waals surface area contributed by atoms with Crippen molar-refractivity contribution in [2.45, 2.75) is 206 Å². The van der Waals surface area contributed by atoms with Crippen LogP contribution >= 0.6 is 0 Å². The van der Waals surface area contributed by atoms with Gasteiger partial charge < -0.3 is 4.74 Å². The number of esters is 1. The Hall–Kier alpha value is -1.31. The lowest BCUT2D eigenvalue weighted by molar-refractivity contribution is -0.134. The van der Waals surface area contributed by atoms with Crippen molar-refractivity contribution >= 4 is 5.97 Å². The standard InChI is InChI=1S/C39H70O2/c1-4-6-8-10-12-14-16-17-18-19-21-23-25-27-29-34-39(40)41-38-33-30-32-37(35-38)36(3)31-28-26-24-22-20-15-13-11-9-7-5-2/h30,32-33,35-36H,4-29,31,34H2,1-3H3. The van der Waals surface area contributed by atoms with Crippen molar-refractivity contribution in [2.24, 2.45) is 0 Å². The molecule has 1 aromatic rings. The fraction of sp³-hybridized carbons (Fsp3) is 0.821. The molecule has 0 heterocycles. The van der Waals surface area contributed by atoms with Crippen LogP contribution < -0.4 is 4.74 Å². The van der Waals surface area contributed by atoms with Gasteiger partial charge in [0.1, 0.15) is 5.75 Å². The van der Waals surface area contributed by atoms with Crippen LogP contribution in [-0.2, 0) is 4.79 Å². The monoisotopic (exact) mass is 571 g/mol. The molecule has 238 valence electrons. The van der Waals surface area contributed by atoms with E-state index in [-0.39, 0.29) is 5.97 Å². The zero-order chi connectivity index (χ0) is 29.6. The first kappa shape index (κ1) is 37.7. The normalized spacial score (nSPS) is 12.1. The van der Waals surface area contributed by atoms with Crippen molar-refractivity contribution in [3.05, 3.63) is 29.8 Å². The number of carbonyl (C=O) groups excluding carboxylic acids is 1. The van der Waals surface area contributed by atoms with E-state index < -0.39 is 0 Å². The second-order valence-corrected chi connectivity index (χ2v) is 13.0. The number of hydrogen-bond donors (Lipinski definition) is 0. The third-order valence-corrected chi connectivity index (χ3v) is 8.88. The highest BCUT2D eigenvalue weighted by Crippen LogP contribution is 2.26. The molecule has 1 unspecified atom stereocenters. The Labute approximate surface area is 257 Å². The van der Waals surface area contributed by atoms with Crippen LogP contribution in [0.15, 0.2) is 24.3 Å². The van der Waals surface area contributed by atoms with Crippen LogP contribution in [0.25, 0.3) is 0 Å². The molecule has 2 heteroatoms.